The van der Waals surface area contributed by atoms with Crippen molar-refractivity contribution in [2.45, 2.75) is 12.2 Å². The molecule has 0 aliphatic carbocycles. The van der Waals surface area contributed by atoms with Crippen molar-refractivity contribution in [3.63, 3.8) is 0 Å². The van der Waals surface area contributed by atoms with Gasteiger partial charge in [-0.1, -0.05) is 12.1 Å². The maximum atomic E-state index is 14.0. The number of ether oxygens (including phenoxy) is 2. The van der Waals surface area contributed by atoms with Gasteiger partial charge in [0.25, 0.3) is 0 Å². The molecule has 1 aliphatic heterocycles. The standard InChI is InChI=1S/C13H18FNO3/c1-15-6-7-18-11(8-15)13(16)9-4-3-5-10(17-2)12(9)14/h3-5,11,13,16H,6-8H2,1-2H3. The minimum Gasteiger partial charge on any atom is -0.494 e. The van der Waals surface area contributed by atoms with Gasteiger partial charge in [-0.05, 0) is 13.1 Å². The Balaban J connectivity index is 2.20. The lowest BCUT2D eigenvalue weighted by atomic mass is 10.0. The Bertz CT molecular complexity index is 413. The van der Waals surface area contributed by atoms with Crippen molar-refractivity contribution in [3.05, 3.63) is 29.6 Å². The molecule has 4 nitrogen and oxygen atoms in total. The molecule has 2 rings (SSSR count). The SMILES string of the molecule is COc1cccc(C(O)C2CN(C)CCO2)c1F. The average Bonchev–Trinajstić information content (AvgIpc) is 2.38. The van der Waals surface area contributed by atoms with Gasteiger partial charge >= 0.3 is 0 Å². The lowest BCUT2D eigenvalue weighted by Gasteiger charge is -2.33. The first kappa shape index (κ1) is 13.3. The highest BCUT2D eigenvalue weighted by Crippen LogP contribution is 2.28. The van der Waals surface area contributed by atoms with Gasteiger partial charge in [0, 0.05) is 18.7 Å². The summed E-state index contributed by atoms with van der Waals surface area (Å²) in [5.41, 5.74) is 0.217. The molecule has 1 aliphatic rings. The van der Waals surface area contributed by atoms with Gasteiger partial charge in [-0.2, -0.15) is 0 Å². The minimum absolute atomic E-state index is 0.135. The molecule has 1 aromatic carbocycles. The van der Waals surface area contributed by atoms with E-state index in [4.69, 9.17) is 9.47 Å². The molecule has 2 unspecified atom stereocenters. The molecule has 1 N–H and O–H groups in total. The van der Waals surface area contributed by atoms with E-state index in [9.17, 15) is 9.50 Å². The third kappa shape index (κ3) is 2.63. The quantitative estimate of drug-likeness (QED) is 0.881. The second-order valence-corrected chi connectivity index (χ2v) is 4.48. The van der Waals surface area contributed by atoms with Gasteiger partial charge in [0.2, 0.25) is 0 Å². The molecule has 18 heavy (non-hydrogen) atoms. The van der Waals surface area contributed by atoms with E-state index >= 15 is 0 Å². The number of nitrogens with zero attached hydrogens (tertiary/aromatic N) is 1. The Morgan fingerprint density at radius 2 is 2.33 bits per heavy atom. The number of benzene rings is 1. The molecule has 100 valence electrons. The molecule has 1 fully saturated rings. The number of hydrogen-bond donors (Lipinski definition) is 1. The molecule has 0 amide bonds. The fraction of sp³-hybridized carbons (Fsp3) is 0.538. The largest absolute Gasteiger partial charge is 0.494 e. The van der Waals surface area contributed by atoms with E-state index in [0.29, 0.717) is 13.2 Å². The van der Waals surface area contributed by atoms with Crippen molar-refractivity contribution in [1.82, 2.24) is 4.90 Å². The van der Waals surface area contributed by atoms with E-state index in [2.05, 4.69) is 4.90 Å². The van der Waals surface area contributed by atoms with Crippen LogP contribution in [0.3, 0.4) is 0 Å². The number of likely N-dealkylation sites (N-methyl/N-ethyl adjacent to an activating group) is 1. The van der Waals surface area contributed by atoms with Gasteiger partial charge in [-0.15, -0.1) is 0 Å². The van der Waals surface area contributed by atoms with Crippen LogP contribution >= 0.6 is 0 Å². The van der Waals surface area contributed by atoms with Crippen molar-refractivity contribution in [1.29, 1.82) is 0 Å². The lowest BCUT2D eigenvalue weighted by Crippen LogP contribution is -2.43. The molecule has 0 radical (unpaired) electrons. The fourth-order valence-corrected chi connectivity index (χ4v) is 2.12. The topological polar surface area (TPSA) is 41.9 Å². The molecule has 0 saturated carbocycles. The second kappa shape index (κ2) is 5.65. The monoisotopic (exact) mass is 255 g/mol. The molecular formula is C13H18FNO3. The maximum absolute atomic E-state index is 14.0. The number of methoxy groups -OCH3 is 1. The molecule has 0 spiro atoms. The van der Waals surface area contributed by atoms with Crippen LogP contribution in [0.15, 0.2) is 18.2 Å². The summed E-state index contributed by atoms with van der Waals surface area (Å²) in [6, 6.07) is 4.74. The first-order valence-corrected chi connectivity index (χ1v) is 5.94. The number of hydrogen-bond acceptors (Lipinski definition) is 4. The van der Waals surface area contributed by atoms with E-state index in [1.54, 1.807) is 12.1 Å². The van der Waals surface area contributed by atoms with E-state index < -0.39 is 18.0 Å². The summed E-state index contributed by atoms with van der Waals surface area (Å²) in [5, 5.41) is 10.2. The summed E-state index contributed by atoms with van der Waals surface area (Å²) >= 11 is 0. The summed E-state index contributed by atoms with van der Waals surface area (Å²) in [4.78, 5) is 2.05. The Morgan fingerprint density at radius 3 is 3.00 bits per heavy atom. The number of aliphatic hydroxyl groups is 1. The highest BCUT2D eigenvalue weighted by molar-refractivity contribution is 5.32. The highest BCUT2D eigenvalue weighted by atomic mass is 19.1. The Morgan fingerprint density at radius 1 is 1.56 bits per heavy atom. The van der Waals surface area contributed by atoms with Crippen LogP contribution in [0.1, 0.15) is 11.7 Å². The van der Waals surface area contributed by atoms with E-state index in [1.807, 2.05) is 7.05 Å². The average molecular weight is 255 g/mol. The van der Waals surface area contributed by atoms with Crippen molar-refractivity contribution in [3.8, 4) is 5.75 Å². The normalized spacial score (nSPS) is 22.8. The molecular weight excluding hydrogens is 237 g/mol. The Labute approximate surface area is 106 Å². The Kier molecular flexibility index (Phi) is 4.16. The fourth-order valence-electron chi connectivity index (χ4n) is 2.12. The zero-order valence-electron chi connectivity index (χ0n) is 10.6. The molecule has 0 aromatic heterocycles. The van der Waals surface area contributed by atoms with Crippen molar-refractivity contribution < 1.29 is 19.0 Å². The molecule has 2 atom stereocenters. The maximum Gasteiger partial charge on any atom is 0.170 e. The first-order valence-electron chi connectivity index (χ1n) is 5.94. The van der Waals surface area contributed by atoms with Gasteiger partial charge in [-0.25, -0.2) is 4.39 Å². The number of morpholine rings is 1. The van der Waals surface area contributed by atoms with Crippen molar-refractivity contribution >= 4 is 0 Å². The van der Waals surface area contributed by atoms with Crippen LogP contribution in [0.5, 0.6) is 5.75 Å². The summed E-state index contributed by atoms with van der Waals surface area (Å²) in [6.07, 6.45) is -1.40. The van der Waals surface area contributed by atoms with Gasteiger partial charge in [0.1, 0.15) is 12.2 Å². The van der Waals surface area contributed by atoms with Crippen LogP contribution < -0.4 is 4.74 Å². The van der Waals surface area contributed by atoms with Crippen LogP contribution in [0.2, 0.25) is 0 Å². The smallest absolute Gasteiger partial charge is 0.170 e. The van der Waals surface area contributed by atoms with Crippen LogP contribution in [0, 0.1) is 5.82 Å². The van der Waals surface area contributed by atoms with Crippen LogP contribution in [0.25, 0.3) is 0 Å². The highest BCUT2D eigenvalue weighted by Gasteiger charge is 2.29. The van der Waals surface area contributed by atoms with Gasteiger partial charge < -0.3 is 19.5 Å². The van der Waals surface area contributed by atoms with E-state index in [0.717, 1.165) is 6.54 Å². The predicted molar refractivity (Wildman–Crippen MR) is 65.1 cm³/mol. The number of aliphatic hydroxyl groups excluding tert-OH is 1. The summed E-state index contributed by atoms with van der Waals surface area (Å²) < 4.78 is 24.4. The molecule has 1 saturated heterocycles. The first-order chi connectivity index (χ1) is 8.63. The number of rotatable bonds is 3. The minimum atomic E-state index is -0.983. The van der Waals surface area contributed by atoms with E-state index in [-0.39, 0.29) is 11.3 Å². The third-order valence-electron chi connectivity index (χ3n) is 3.18. The molecule has 5 heteroatoms. The van der Waals surface area contributed by atoms with Crippen LogP contribution in [0.4, 0.5) is 4.39 Å². The van der Waals surface area contributed by atoms with E-state index in [1.165, 1.54) is 13.2 Å². The van der Waals surface area contributed by atoms with Crippen LogP contribution in [-0.4, -0.2) is 50.0 Å². The van der Waals surface area contributed by atoms with Gasteiger partial charge in [0.05, 0.1) is 13.7 Å². The molecule has 0 bridgehead atoms. The lowest BCUT2D eigenvalue weighted by molar-refractivity contribution is -0.0854. The zero-order chi connectivity index (χ0) is 13.1. The van der Waals surface area contributed by atoms with Gasteiger partial charge in [-0.3, -0.25) is 0 Å². The van der Waals surface area contributed by atoms with Gasteiger partial charge in [0.15, 0.2) is 11.6 Å². The van der Waals surface area contributed by atoms with Crippen LogP contribution in [-0.2, 0) is 4.74 Å². The molecule has 1 aromatic rings. The van der Waals surface area contributed by atoms with Crippen molar-refractivity contribution in [2.24, 2.45) is 0 Å². The summed E-state index contributed by atoms with van der Waals surface area (Å²) in [6.45, 7) is 1.95. The third-order valence-corrected chi connectivity index (χ3v) is 3.18. The van der Waals surface area contributed by atoms with Crippen molar-refractivity contribution in [2.75, 3.05) is 33.9 Å². The Hall–Kier alpha value is -1.17. The second-order valence-electron chi connectivity index (χ2n) is 4.48. The predicted octanol–water partition coefficient (Wildman–Crippen LogP) is 1.20. The molecule has 1 heterocycles. The summed E-state index contributed by atoms with van der Waals surface area (Å²) in [7, 11) is 3.35. The zero-order valence-corrected chi connectivity index (χ0v) is 10.6. The number of halogens is 1. The summed E-state index contributed by atoms with van der Waals surface area (Å²) in [5.74, 6) is -0.389.